The third kappa shape index (κ3) is 4.22. The maximum atomic E-state index is 13.0. The van der Waals surface area contributed by atoms with Gasteiger partial charge in [0.25, 0.3) is 15.9 Å². The van der Waals surface area contributed by atoms with Gasteiger partial charge >= 0.3 is 0 Å². The molecule has 0 saturated carbocycles. The van der Waals surface area contributed by atoms with Gasteiger partial charge in [-0.1, -0.05) is 6.07 Å². The van der Waals surface area contributed by atoms with Gasteiger partial charge in [0.15, 0.2) is 0 Å². The molecule has 0 atom stereocenters. The van der Waals surface area contributed by atoms with E-state index in [0.717, 1.165) is 32.4 Å². The average Bonchev–Trinajstić information content (AvgIpc) is 3.29. The molecule has 4 heterocycles. The molecular formula is C21H25N5O3S2. The SMILES string of the molecule is Cc1nc(-c2cc(S(=O)(=O)Nc3ccccn3)c(C)n2C)sc1C(=O)N1CCCCC1. The number of aromatic nitrogens is 3. The molecule has 3 aromatic heterocycles. The minimum atomic E-state index is -3.82. The predicted octanol–water partition coefficient (Wildman–Crippen LogP) is 3.59. The van der Waals surface area contributed by atoms with Crippen LogP contribution in [0.1, 0.15) is 40.3 Å². The Bertz CT molecular complexity index is 1210. The van der Waals surface area contributed by atoms with Crippen LogP contribution in [-0.2, 0) is 17.1 Å². The average molecular weight is 460 g/mol. The van der Waals surface area contributed by atoms with E-state index in [1.165, 1.54) is 17.5 Å². The molecule has 0 bridgehead atoms. The molecule has 4 rings (SSSR count). The number of nitrogens with zero attached hydrogens (tertiary/aromatic N) is 4. The van der Waals surface area contributed by atoms with Crippen LogP contribution in [0.3, 0.4) is 0 Å². The van der Waals surface area contributed by atoms with E-state index in [0.29, 0.717) is 27.0 Å². The van der Waals surface area contributed by atoms with Gasteiger partial charge in [-0.15, -0.1) is 11.3 Å². The largest absolute Gasteiger partial charge is 0.345 e. The molecule has 31 heavy (non-hydrogen) atoms. The molecule has 10 heteroatoms. The van der Waals surface area contributed by atoms with Crippen molar-refractivity contribution >= 4 is 33.1 Å². The summed E-state index contributed by atoms with van der Waals surface area (Å²) in [6.07, 6.45) is 4.74. The van der Waals surface area contributed by atoms with Crippen molar-refractivity contribution < 1.29 is 13.2 Å². The van der Waals surface area contributed by atoms with E-state index < -0.39 is 10.0 Å². The van der Waals surface area contributed by atoms with Crippen LogP contribution >= 0.6 is 11.3 Å². The molecule has 0 spiro atoms. The van der Waals surface area contributed by atoms with Crippen LogP contribution in [0.2, 0.25) is 0 Å². The summed E-state index contributed by atoms with van der Waals surface area (Å²) in [7, 11) is -2.02. The van der Waals surface area contributed by atoms with Crippen LogP contribution in [0.5, 0.6) is 0 Å². The fourth-order valence-electron chi connectivity index (χ4n) is 3.71. The van der Waals surface area contributed by atoms with E-state index in [-0.39, 0.29) is 16.6 Å². The lowest BCUT2D eigenvalue weighted by Gasteiger charge is -2.26. The molecule has 1 aliphatic rings. The van der Waals surface area contributed by atoms with Gasteiger partial charge in [-0.3, -0.25) is 9.52 Å². The fraction of sp³-hybridized carbons (Fsp3) is 0.381. The monoisotopic (exact) mass is 459 g/mol. The van der Waals surface area contributed by atoms with Crippen LogP contribution in [0.25, 0.3) is 10.7 Å². The van der Waals surface area contributed by atoms with Gasteiger partial charge in [0, 0.05) is 32.0 Å². The van der Waals surface area contributed by atoms with Crippen molar-refractivity contribution in [2.45, 2.75) is 38.0 Å². The Labute approximate surface area is 186 Å². The maximum Gasteiger partial charge on any atom is 0.265 e. The second-order valence-corrected chi connectivity index (χ2v) is 10.3. The number of aryl methyl sites for hydroxylation is 1. The molecule has 1 fully saturated rings. The molecule has 0 aromatic carbocycles. The Balaban J connectivity index is 1.66. The number of amides is 1. The number of hydrogen-bond donors (Lipinski definition) is 1. The van der Waals surface area contributed by atoms with Gasteiger partial charge in [-0.2, -0.15) is 0 Å². The molecule has 3 aromatic rings. The maximum absolute atomic E-state index is 13.0. The lowest BCUT2D eigenvalue weighted by atomic mass is 10.1. The highest BCUT2D eigenvalue weighted by atomic mass is 32.2. The Morgan fingerprint density at radius 2 is 1.90 bits per heavy atom. The van der Waals surface area contributed by atoms with Crippen molar-refractivity contribution in [3.63, 3.8) is 0 Å². The number of carbonyl (C=O) groups excluding carboxylic acids is 1. The molecule has 0 aliphatic carbocycles. The van der Waals surface area contributed by atoms with Crippen molar-refractivity contribution in [3.8, 4) is 10.7 Å². The molecular weight excluding hydrogens is 434 g/mol. The van der Waals surface area contributed by atoms with Gasteiger partial charge < -0.3 is 9.47 Å². The fourth-order valence-corrected chi connectivity index (χ4v) is 6.09. The summed E-state index contributed by atoms with van der Waals surface area (Å²) < 4.78 is 30.2. The predicted molar refractivity (Wildman–Crippen MR) is 121 cm³/mol. The Morgan fingerprint density at radius 1 is 1.16 bits per heavy atom. The molecule has 1 amide bonds. The number of carbonyl (C=O) groups is 1. The van der Waals surface area contributed by atoms with Crippen molar-refractivity contribution in [2.24, 2.45) is 7.05 Å². The van der Waals surface area contributed by atoms with Crippen molar-refractivity contribution in [3.05, 3.63) is 46.7 Å². The third-order valence-electron chi connectivity index (χ3n) is 5.54. The standard InChI is InChI=1S/C21H25N5O3S2/c1-14-19(21(27)26-11-7-4-8-12-26)30-20(23-14)16-13-17(15(2)25(16)3)31(28,29)24-18-9-5-6-10-22-18/h5-6,9-10,13H,4,7-8,11-12H2,1-3H3,(H,22,24). The molecule has 1 aliphatic heterocycles. The highest BCUT2D eigenvalue weighted by Gasteiger charge is 2.27. The van der Waals surface area contributed by atoms with Crippen molar-refractivity contribution in [2.75, 3.05) is 17.8 Å². The second-order valence-electron chi connectivity index (χ2n) is 7.65. The topological polar surface area (TPSA) is 97.2 Å². The first-order valence-corrected chi connectivity index (χ1v) is 12.4. The quantitative estimate of drug-likeness (QED) is 0.629. The number of hydrogen-bond acceptors (Lipinski definition) is 6. The van der Waals surface area contributed by atoms with E-state index in [1.807, 2.05) is 11.8 Å². The summed E-state index contributed by atoms with van der Waals surface area (Å²) >= 11 is 1.31. The minimum absolute atomic E-state index is 0.0107. The van der Waals surface area contributed by atoms with Crippen molar-refractivity contribution in [1.29, 1.82) is 0 Å². The van der Waals surface area contributed by atoms with Gasteiger partial charge in [-0.25, -0.2) is 18.4 Å². The first-order valence-electron chi connectivity index (χ1n) is 10.1. The Hall–Kier alpha value is -2.72. The van der Waals surface area contributed by atoms with E-state index in [1.54, 1.807) is 42.8 Å². The summed E-state index contributed by atoms with van der Waals surface area (Å²) in [6, 6.07) is 6.64. The lowest BCUT2D eigenvalue weighted by Crippen LogP contribution is -2.35. The van der Waals surface area contributed by atoms with Crippen LogP contribution in [0, 0.1) is 13.8 Å². The molecule has 1 saturated heterocycles. The number of pyridine rings is 1. The van der Waals surface area contributed by atoms with Crippen LogP contribution < -0.4 is 4.72 Å². The third-order valence-corrected chi connectivity index (χ3v) is 8.17. The van der Waals surface area contributed by atoms with Gasteiger partial charge in [-0.05, 0) is 51.3 Å². The second kappa shape index (κ2) is 8.43. The van der Waals surface area contributed by atoms with E-state index in [4.69, 9.17) is 0 Å². The van der Waals surface area contributed by atoms with E-state index >= 15 is 0 Å². The minimum Gasteiger partial charge on any atom is -0.345 e. The van der Waals surface area contributed by atoms with Gasteiger partial charge in [0.2, 0.25) is 0 Å². The highest BCUT2D eigenvalue weighted by Crippen LogP contribution is 2.33. The highest BCUT2D eigenvalue weighted by molar-refractivity contribution is 7.92. The molecule has 8 nitrogen and oxygen atoms in total. The number of rotatable bonds is 5. The first-order chi connectivity index (χ1) is 14.8. The zero-order valence-electron chi connectivity index (χ0n) is 17.8. The Kier molecular flexibility index (Phi) is 5.85. The van der Waals surface area contributed by atoms with Crippen LogP contribution in [0.4, 0.5) is 5.82 Å². The van der Waals surface area contributed by atoms with Crippen molar-refractivity contribution in [1.82, 2.24) is 19.4 Å². The summed E-state index contributed by atoms with van der Waals surface area (Å²) in [6.45, 7) is 5.12. The zero-order chi connectivity index (χ0) is 22.2. The zero-order valence-corrected chi connectivity index (χ0v) is 19.4. The number of thiazole rings is 1. The number of piperidine rings is 1. The van der Waals surface area contributed by atoms with E-state index in [2.05, 4.69) is 14.7 Å². The van der Waals surface area contributed by atoms with Gasteiger partial charge in [0.05, 0.1) is 11.4 Å². The molecule has 0 radical (unpaired) electrons. The molecule has 164 valence electrons. The first kappa shape index (κ1) is 21.5. The number of sulfonamides is 1. The Morgan fingerprint density at radius 3 is 2.58 bits per heavy atom. The smallest absolute Gasteiger partial charge is 0.265 e. The van der Waals surface area contributed by atoms with Crippen LogP contribution in [0.15, 0.2) is 35.4 Å². The van der Waals surface area contributed by atoms with E-state index in [9.17, 15) is 13.2 Å². The van der Waals surface area contributed by atoms with Gasteiger partial charge in [0.1, 0.15) is 20.6 Å². The summed E-state index contributed by atoms with van der Waals surface area (Å²) in [4.78, 5) is 24.3. The number of anilines is 1. The van der Waals surface area contributed by atoms with Crippen LogP contribution in [-0.4, -0.2) is 46.8 Å². The summed E-state index contributed by atoms with van der Waals surface area (Å²) in [5, 5.41) is 0.628. The molecule has 0 unspecified atom stereocenters. The number of likely N-dealkylation sites (tertiary alicyclic amines) is 1. The number of nitrogens with one attached hydrogen (secondary N) is 1. The lowest BCUT2D eigenvalue weighted by molar-refractivity contribution is 0.0728. The normalized spacial score (nSPS) is 14.6. The summed E-state index contributed by atoms with van der Waals surface area (Å²) in [5.74, 6) is 0.267. The molecule has 1 N–H and O–H groups in total. The summed E-state index contributed by atoms with van der Waals surface area (Å²) in [5.41, 5.74) is 1.91.